The highest BCUT2D eigenvalue weighted by molar-refractivity contribution is 5.95. The molecule has 1 aromatic carbocycles. The van der Waals surface area contributed by atoms with Gasteiger partial charge in [-0.1, -0.05) is 5.16 Å². The van der Waals surface area contributed by atoms with E-state index in [-0.39, 0.29) is 13.1 Å². The lowest BCUT2D eigenvalue weighted by Gasteiger charge is -2.14. The van der Waals surface area contributed by atoms with Crippen molar-refractivity contribution in [1.82, 2.24) is 14.9 Å². The van der Waals surface area contributed by atoms with Gasteiger partial charge in [0.05, 0.1) is 30.1 Å². The van der Waals surface area contributed by atoms with Gasteiger partial charge < -0.3 is 9.63 Å². The number of fused-ring (bicyclic) bond motifs is 1. The third-order valence-electron chi connectivity index (χ3n) is 4.76. The first-order valence-corrected chi connectivity index (χ1v) is 8.61. The van der Waals surface area contributed by atoms with Crippen molar-refractivity contribution in [2.45, 2.75) is 39.7 Å². The molecule has 9 heteroatoms. The van der Waals surface area contributed by atoms with Crippen LogP contribution in [0.3, 0.4) is 0 Å². The van der Waals surface area contributed by atoms with Crippen LogP contribution in [-0.4, -0.2) is 26.3 Å². The van der Waals surface area contributed by atoms with E-state index >= 15 is 0 Å². The van der Waals surface area contributed by atoms with Crippen LogP contribution in [0.25, 0.3) is 11.1 Å². The van der Waals surface area contributed by atoms with E-state index in [1.165, 1.54) is 0 Å². The maximum atomic E-state index is 13.4. The quantitative estimate of drug-likeness (QED) is 0.738. The van der Waals surface area contributed by atoms with E-state index in [1.807, 2.05) is 0 Å². The Morgan fingerprint density at radius 2 is 2.00 bits per heavy atom. The molecule has 0 fully saturated rings. The van der Waals surface area contributed by atoms with Gasteiger partial charge in [0.25, 0.3) is 0 Å². The van der Waals surface area contributed by atoms with Crippen molar-refractivity contribution >= 4 is 6.21 Å². The lowest BCUT2D eigenvalue weighted by atomic mass is 9.93. The molecule has 4 rings (SSSR count). The Labute approximate surface area is 158 Å². The molecule has 3 heterocycles. The normalized spacial score (nSPS) is 13.4. The van der Waals surface area contributed by atoms with Gasteiger partial charge in [0.1, 0.15) is 6.54 Å². The van der Waals surface area contributed by atoms with Crippen LogP contribution in [-0.2, 0) is 25.9 Å². The zero-order chi connectivity index (χ0) is 20.1. The Hall–Kier alpha value is -2.94. The molecular formula is C19H17F3N4O2. The van der Waals surface area contributed by atoms with Crippen molar-refractivity contribution in [2.75, 3.05) is 0 Å². The van der Waals surface area contributed by atoms with Crippen LogP contribution in [0.4, 0.5) is 13.2 Å². The predicted octanol–water partition coefficient (Wildman–Crippen LogP) is 3.65. The first-order valence-electron chi connectivity index (χ1n) is 8.61. The topological polar surface area (TPSA) is 76.4 Å². The summed E-state index contributed by atoms with van der Waals surface area (Å²) in [6.45, 7) is 3.60. The lowest BCUT2D eigenvalue weighted by molar-refractivity contribution is -0.137. The average molecular weight is 390 g/mol. The smallest absolute Gasteiger partial charge is 0.390 e. The Bertz CT molecular complexity index is 1080. The van der Waals surface area contributed by atoms with Crippen molar-refractivity contribution in [2.24, 2.45) is 4.99 Å². The maximum absolute atomic E-state index is 13.4. The van der Waals surface area contributed by atoms with Crippen LogP contribution >= 0.6 is 0 Å². The summed E-state index contributed by atoms with van der Waals surface area (Å²) in [6.07, 6.45) is -2.91. The second kappa shape index (κ2) is 6.59. The van der Waals surface area contributed by atoms with Gasteiger partial charge in [-0.25, -0.2) is 0 Å². The summed E-state index contributed by atoms with van der Waals surface area (Å²) in [5.41, 5.74) is 2.88. The lowest BCUT2D eigenvalue weighted by Crippen LogP contribution is -2.08. The van der Waals surface area contributed by atoms with Gasteiger partial charge in [0, 0.05) is 29.1 Å². The van der Waals surface area contributed by atoms with E-state index in [2.05, 4.69) is 15.2 Å². The summed E-state index contributed by atoms with van der Waals surface area (Å²) in [6, 6.07) is 3.98. The third-order valence-corrected chi connectivity index (χ3v) is 4.76. The summed E-state index contributed by atoms with van der Waals surface area (Å²) in [5.74, 6) is 0.565. The Morgan fingerprint density at radius 3 is 2.64 bits per heavy atom. The molecule has 0 spiro atoms. The molecule has 0 bridgehead atoms. The molecule has 6 nitrogen and oxygen atoms in total. The number of aryl methyl sites for hydroxylation is 1. The maximum Gasteiger partial charge on any atom is 0.416 e. The Kier molecular flexibility index (Phi) is 4.34. The number of halogens is 3. The summed E-state index contributed by atoms with van der Waals surface area (Å²) < 4.78 is 47.0. The number of rotatable bonds is 4. The fourth-order valence-corrected chi connectivity index (χ4v) is 3.46. The molecule has 146 valence electrons. The van der Waals surface area contributed by atoms with E-state index in [9.17, 15) is 18.3 Å². The predicted molar refractivity (Wildman–Crippen MR) is 95.0 cm³/mol. The third kappa shape index (κ3) is 3.11. The SMILES string of the molecule is Cc1cc(Cn2nc(CO)c(-c3cc(C(F)(F)F)cc4c3C=NC4)c2C)on1. The number of aromatic nitrogens is 3. The van der Waals surface area contributed by atoms with E-state index in [4.69, 9.17) is 4.52 Å². The number of benzene rings is 1. The fraction of sp³-hybridized carbons (Fsp3) is 0.316. The van der Waals surface area contributed by atoms with Gasteiger partial charge >= 0.3 is 6.18 Å². The first kappa shape index (κ1) is 18.4. The van der Waals surface area contributed by atoms with Crippen molar-refractivity contribution in [3.63, 3.8) is 0 Å². The van der Waals surface area contributed by atoms with Gasteiger partial charge in [-0.2, -0.15) is 18.3 Å². The van der Waals surface area contributed by atoms with E-state index in [0.29, 0.717) is 45.1 Å². The molecule has 0 atom stereocenters. The van der Waals surface area contributed by atoms with E-state index < -0.39 is 18.3 Å². The van der Waals surface area contributed by atoms with Crippen LogP contribution in [0.2, 0.25) is 0 Å². The molecule has 0 amide bonds. The van der Waals surface area contributed by atoms with E-state index in [0.717, 1.165) is 12.1 Å². The molecule has 0 saturated carbocycles. The zero-order valence-corrected chi connectivity index (χ0v) is 15.2. The zero-order valence-electron chi connectivity index (χ0n) is 15.2. The second-order valence-electron chi connectivity index (χ2n) is 6.72. The second-order valence-corrected chi connectivity index (χ2v) is 6.72. The molecule has 1 N–H and O–H groups in total. The summed E-state index contributed by atoms with van der Waals surface area (Å²) in [5, 5.41) is 18.0. The molecule has 0 aliphatic carbocycles. The molecule has 28 heavy (non-hydrogen) atoms. The first-order chi connectivity index (χ1) is 13.3. The monoisotopic (exact) mass is 390 g/mol. The van der Waals surface area contributed by atoms with Crippen molar-refractivity contribution in [3.05, 3.63) is 57.7 Å². The van der Waals surface area contributed by atoms with Gasteiger partial charge in [-0.15, -0.1) is 0 Å². The van der Waals surface area contributed by atoms with Crippen molar-refractivity contribution in [1.29, 1.82) is 0 Å². The highest BCUT2D eigenvalue weighted by Gasteiger charge is 2.33. The number of aliphatic hydroxyl groups excluding tert-OH is 1. The standard InChI is InChI=1S/C19H17F3N4O2/c1-10-3-14(28-25-10)8-26-11(2)18(17(9-27)24-26)15-5-13(19(20,21)22)4-12-6-23-7-16(12)15/h3-5,7,27H,6,8-9H2,1-2H3. The molecular weight excluding hydrogens is 373 g/mol. The average Bonchev–Trinajstić information content (AvgIpc) is 3.33. The van der Waals surface area contributed by atoms with Crippen LogP contribution < -0.4 is 0 Å². The summed E-state index contributed by atoms with van der Waals surface area (Å²) in [7, 11) is 0. The minimum Gasteiger partial charge on any atom is -0.390 e. The number of nitrogens with zero attached hydrogens (tertiary/aromatic N) is 4. The van der Waals surface area contributed by atoms with Gasteiger partial charge in [-0.3, -0.25) is 9.67 Å². The largest absolute Gasteiger partial charge is 0.416 e. The number of hydrogen-bond acceptors (Lipinski definition) is 5. The Balaban J connectivity index is 1.87. The number of aliphatic imine (C=N–C) groups is 1. The number of hydrogen-bond donors (Lipinski definition) is 1. The van der Waals surface area contributed by atoms with Gasteiger partial charge in [0.2, 0.25) is 0 Å². The van der Waals surface area contributed by atoms with Crippen LogP contribution in [0.5, 0.6) is 0 Å². The molecule has 0 unspecified atom stereocenters. The van der Waals surface area contributed by atoms with Crippen LogP contribution in [0, 0.1) is 13.8 Å². The summed E-state index contributed by atoms with van der Waals surface area (Å²) >= 11 is 0. The number of alkyl halides is 3. The van der Waals surface area contributed by atoms with E-state index in [1.54, 1.807) is 30.8 Å². The van der Waals surface area contributed by atoms with Gasteiger partial charge in [0.15, 0.2) is 5.76 Å². The molecule has 2 aromatic heterocycles. The molecule has 3 aromatic rings. The van der Waals surface area contributed by atoms with Crippen molar-refractivity contribution in [3.8, 4) is 11.1 Å². The fourth-order valence-electron chi connectivity index (χ4n) is 3.46. The van der Waals surface area contributed by atoms with Gasteiger partial charge in [-0.05, 0) is 37.1 Å². The Morgan fingerprint density at radius 1 is 1.21 bits per heavy atom. The minimum atomic E-state index is -4.48. The molecule has 1 aliphatic heterocycles. The highest BCUT2D eigenvalue weighted by atomic mass is 19.4. The highest BCUT2D eigenvalue weighted by Crippen LogP contribution is 2.39. The van der Waals surface area contributed by atoms with Crippen LogP contribution in [0.1, 0.15) is 39.5 Å². The molecule has 1 aliphatic rings. The number of aliphatic hydroxyl groups is 1. The minimum absolute atomic E-state index is 0.200. The molecule has 0 saturated heterocycles. The van der Waals surface area contributed by atoms with Crippen LogP contribution in [0.15, 0.2) is 27.7 Å². The van der Waals surface area contributed by atoms with Crippen molar-refractivity contribution < 1.29 is 22.8 Å². The molecule has 0 radical (unpaired) electrons. The summed E-state index contributed by atoms with van der Waals surface area (Å²) in [4.78, 5) is 4.12.